The highest BCUT2D eigenvalue weighted by molar-refractivity contribution is 7.11. The molecule has 1 nitrogen and oxygen atoms in total. The molecule has 0 aromatic heterocycles. The molecule has 0 saturated carbocycles. The van der Waals surface area contributed by atoms with E-state index in [4.69, 9.17) is 15.7 Å². The standard InChI is InChI=1S/C21H23ClOSi2/c1-24(2,18-22)23-25(19-12-6-3-7-13-19,20-14-8-4-9-15-20)21-16-10-5-11-17-21/h3-17H,18H2,1-2H3. The molecule has 4 heteroatoms. The number of hydrogen-bond acceptors (Lipinski definition) is 1. The van der Waals surface area contributed by atoms with Crippen molar-refractivity contribution < 1.29 is 4.12 Å². The van der Waals surface area contributed by atoms with Gasteiger partial charge in [-0.25, -0.2) is 0 Å². The molecule has 0 N–H and O–H groups in total. The van der Waals surface area contributed by atoms with E-state index in [-0.39, 0.29) is 0 Å². The topological polar surface area (TPSA) is 9.23 Å². The van der Waals surface area contributed by atoms with E-state index >= 15 is 0 Å². The maximum absolute atomic E-state index is 7.08. The fourth-order valence-electron chi connectivity index (χ4n) is 3.14. The molecule has 0 aliphatic carbocycles. The van der Waals surface area contributed by atoms with Crippen molar-refractivity contribution in [3.05, 3.63) is 91.0 Å². The Morgan fingerprint density at radius 1 is 0.640 bits per heavy atom. The van der Waals surface area contributed by atoms with Crippen molar-refractivity contribution in [2.75, 3.05) is 5.50 Å². The lowest BCUT2D eigenvalue weighted by Gasteiger charge is -2.39. The number of hydrogen-bond donors (Lipinski definition) is 0. The van der Waals surface area contributed by atoms with Crippen LogP contribution in [0.4, 0.5) is 0 Å². The lowest BCUT2D eigenvalue weighted by atomic mass is 10.3. The van der Waals surface area contributed by atoms with Gasteiger partial charge in [-0.3, -0.25) is 0 Å². The maximum Gasteiger partial charge on any atom is 0.278 e. The Labute approximate surface area is 157 Å². The first-order chi connectivity index (χ1) is 12.1. The van der Waals surface area contributed by atoms with Crippen molar-refractivity contribution in [2.24, 2.45) is 0 Å². The van der Waals surface area contributed by atoms with Crippen molar-refractivity contribution in [1.29, 1.82) is 0 Å². The Kier molecular flexibility index (Phi) is 5.59. The van der Waals surface area contributed by atoms with Crippen molar-refractivity contribution >= 4 is 43.8 Å². The SMILES string of the molecule is C[Si](C)(CCl)O[Si](c1ccccc1)(c1ccccc1)c1ccccc1. The van der Waals surface area contributed by atoms with E-state index in [2.05, 4.69) is 104 Å². The molecule has 0 radical (unpaired) electrons. The first kappa shape index (κ1) is 18.1. The highest BCUT2D eigenvalue weighted by Gasteiger charge is 2.45. The summed E-state index contributed by atoms with van der Waals surface area (Å²) in [6.07, 6.45) is 0. The van der Waals surface area contributed by atoms with E-state index in [1.165, 1.54) is 15.6 Å². The third-order valence-electron chi connectivity index (χ3n) is 4.29. The summed E-state index contributed by atoms with van der Waals surface area (Å²) in [6, 6.07) is 32.0. The molecule has 0 saturated heterocycles. The summed E-state index contributed by atoms with van der Waals surface area (Å²) < 4.78 is 7.08. The maximum atomic E-state index is 7.08. The summed E-state index contributed by atoms with van der Waals surface area (Å²) in [6.45, 7) is 4.41. The van der Waals surface area contributed by atoms with E-state index in [9.17, 15) is 0 Å². The van der Waals surface area contributed by atoms with Crippen LogP contribution in [0, 0.1) is 0 Å². The van der Waals surface area contributed by atoms with Gasteiger partial charge in [0.1, 0.15) is 0 Å². The Morgan fingerprint density at radius 2 is 0.960 bits per heavy atom. The summed E-state index contributed by atoms with van der Waals surface area (Å²) in [5.41, 5.74) is 0.578. The zero-order valence-electron chi connectivity index (χ0n) is 14.7. The van der Waals surface area contributed by atoms with Crippen LogP contribution in [-0.2, 0) is 4.12 Å². The molecular formula is C21H23ClOSi2. The van der Waals surface area contributed by atoms with Crippen LogP contribution in [0.5, 0.6) is 0 Å². The molecule has 128 valence electrons. The average molecular weight is 383 g/mol. The van der Waals surface area contributed by atoms with Gasteiger partial charge in [0.2, 0.25) is 0 Å². The zero-order valence-corrected chi connectivity index (χ0v) is 17.4. The summed E-state index contributed by atoms with van der Waals surface area (Å²) in [7, 11) is -4.64. The minimum absolute atomic E-state index is 0.578. The molecule has 0 spiro atoms. The van der Waals surface area contributed by atoms with Crippen molar-refractivity contribution in [3.63, 3.8) is 0 Å². The third kappa shape index (κ3) is 3.80. The summed E-state index contributed by atoms with van der Waals surface area (Å²) in [4.78, 5) is 0. The number of alkyl halides is 1. The van der Waals surface area contributed by atoms with Gasteiger partial charge < -0.3 is 4.12 Å². The van der Waals surface area contributed by atoms with E-state index in [0.717, 1.165) is 0 Å². The van der Waals surface area contributed by atoms with Crippen LogP contribution in [0.1, 0.15) is 0 Å². The Hall–Kier alpha value is -1.66. The quantitative estimate of drug-likeness (QED) is 0.359. The van der Waals surface area contributed by atoms with Crippen LogP contribution < -0.4 is 15.6 Å². The highest BCUT2D eigenvalue weighted by atomic mass is 35.5. The summed E-state index contributed by atoms with van der Waals surface area (Å²) in [5.74, 6) is 0. The molecule has 0 atom stereocenters. The van der Waals surface area contributed by atoms with Gasteiger partial charge in [0, 0.05) is 5.50 Å². The second kappa shape index (κ2) is 7.71. The monoisotopic (exact) mass is 382 g/mol. The zero-order chi connectivity index (χ0) is 17.8. The van der Waals surface area contributed by atoms with Crippen LogP contribution in [-0.4, -0.2) is 22.1 Å². The van der Waals surface area contributed by atoms with Crippen LogP contribution in [0.15, 0.2) is 91.0 Å². The second-order valence-electron chi connectivity index (χ2n) is 6.77. The first-order valence-electron chi connectivity index (χ1n) is 8.51. The molecular weight excluding hydrogens is 360 g/mol. The van der Waals surface area contributed by atoms with Crippen molar-refractivity contribution in [2.45, 2.75) is 13.1 Å². The molecule has 3 aromatic carbocycles. The fraction of sp³-hybridized carbons (Fsp3) is 0.143. The van der Waals surface area contributed by atoms with Crippen LogP contribution >= 0.6 is 11.6 Å². The number of halogens is 1. The van der Waals surface area contributed by atoms with Crippen LogP contribution in [0.3, 0.4) is 0 Å². The van der Waals surface area contributed by atoms with E-state index in [1.54, 1.807) is 0 Å². The highest BCUT2D eigenvalue weighted by Crippen LogP contribution is 2.17. The Balaban J connectivity index is 2.32. The third-order valence-corrected chi connectivity index (χ3v) is 13.7. The minimum atomic E-state index is -2.60. The summed E-state index contributed by atoms with van der Waals surface area (Å²) in [5, 5.41) is 3.79. The molecule has 0 aliphatic heterocycles. The Bertz CT molecular complexity index is 695. The van der Waals surface area contributed by atoms with Crippen molar-refractivity contribution in [1.82, 2.24) is 0 Å². The van der Waals surface area contributed by atoms with Gasteiger partial charge in [-0.15, -0.1) is 11.6 Å². The lowest BCUT2D eigenvalue weighted by molar-refractivity contribution is 0.577. The molecule has 0 unspecified atom stereocenters. The number of benzene rings is 3. The summed E-state index contributed by atoms with van der Waals surface area (Å²) >= 11 is 6.32. The molecule has 3 rings (SSSR count). The molecule has 0 fully saturated rings. The number of rotatable bonds is 6. The first-order valence-corrected chi connectivity index (χ1v) is 14.1. The predicted molar refractivity (Wildman–Crippen MR) is 113 cm³/mol. The predicted octanol–water partition coefficient (Wildman–Crippen LogP) is 3.65. The molecule has 3 aromatic rings. The average Bonchev–Trinajstić information content (AvgIpc) is 2.68. The molecule has 0 heterocycles. The van der Waals surface area contributed by atoms with Gasteiger partial charge in [0.15, 0.2) is 8.32 Å². The van der Waals surface area contributed by atoms with E-state index in [0.29, 0.717) is 5.50 Å². The van der Waals surface area contributed by atoms with Crippen LogP contribution in [0.25, 0.3) is 0 Å². The Morgan fingerprint density at radius 3 is 1.24 bits per heavy atom. The molecule has 0 bridgehead atoms. The van der Waals surface area contributed by atoms with Gasteiger partial charge in [-0.1, -0.05) is 91.0 Å². The molecule has 0 aliphatic rings. The van der Waals surface area contributed by atoms with Gasteiger partial charge >= 0.3 is 0 Å². The smallest absolute Gasteiger partial charge is 0.278 e. The van der Waals surface area contributed by atoms with Gasteiger partial charge in [0.25, 0.3) is 8.32 Å². The van der Waals surface area contributed by atoms with Gasteiger partial charge in [0.05, 0.1) is 0 Å². The second-order valence-corrected chi connectivity index (χ2v) is 15.3. The molecule has 25 heavy (non-hydrogen) atoms. The minimum Gasteiger partial charge on any atom is -0.445 e. The van der Waals surface area contributed by atoms with E-state index in [1.807, 2.05) is 0 Å². The van der Waals surface area contributed by atoms with Gasteiger partial charge in [-0.2, -0.15) is 0 Å². The lowest BCUT2D eigenvalue weighted by Crippen LogP contribution is -2.72. The van der Waals surface area contributed by atoms with E-state index < -0.39 is 16.6 Å². The fourth-order valence-corrected chi connectivity index (χ4v) is 11.6. The van der Waals surface area contributed by atoms with Crippen molar-refractivity contribution in [3.8, 4) is 0 Å². The normalized spacial score (nSPS) is 12.1. The molecule has 0 amide bonds. The van der Waals surface area contributed by atoms with Gasteiger partial charge in [-0.05, 0) is 28.7 Å². The van der Waals surface area contributed by atoms with Crippen LogP contribution in [0.2, 0.25) is 13.1 Å². The largest absolute Gasteiger partial charge is 0.445 e.